The molecule has 1 aromatic carbocycles. The second kappa shape index (κ2) is 6.69. The number of aromatic amines is 1. The van der Waals surface area contributed by atoms with Gasteiger partial charge in [-0.1, -0.05) is 11.3 Å². The molecule has 0 saturated carbocycles. The molecule has 1 amide bonds. The van der Waals surface area contributed by atoms with Gasteiger partial charge in [0.15, 0.2) is 11.6 Å². The number of hydrogen-bond donors (Lipinski definition) is 1. The minimum absolute atomic E-state index is 0.105. The minimum Gasteiger partial charge on any atom is -0.494 e. The van der Waals surface area contributed by atoms with Gasteiger partial charge in [0.1, 0.15) is 6.10 Å². The van der Waals surface area contributed by atoms with E-state index in [1.165, 1.54) is 19.2 Å². The first-order chi connectivity index (χ1) is 11.2. The highest BCUT2D eigenvalue weighted by Crippen LogP contribution is 2.21. The number of halogens is 1. The third-order valence-electron chi connectivity index (χ3n) is 3.64. The van der Waals surface area contributed by atoms with Crippen molar-refractivity contribution in [2.24, 2.45) is 0 Å². The smallest absolute Gasteiger partial charge is 0.227 e. The lowest BCUT2D eigenvalue weighted by Gasteiger charge is -2.31. The van der Waals surface area contributed by atoms with E-state index >= 15 is 0 Å². The van der Waals surface area contributed by atoms with Crippen LogP contribution < -0.4 is 4.74 Å². The quantitative estimate of drug-likeness (QED) is 0.881. The van der Waals surface area contributed by atoms with E-state index in [2.05, 4.69) is 20.6 Å². The number of nitrogens with zero attached hydrogens (tertiary/aromatic N) is 4. The van der Waals surface area contributed by atoms with Crippen LogP contribution in [0.2, 0.25) is 0 Å². The van der Waals surface area contributed by atoms with Crippen molar-refractivity contribution in [3.05, 3.63) is 35.4 Å². The van der Waals surface area contributed by atoms with Crippen molar-refractivity contribution in [3.8, 4) is 5.75 Å². The summed E-state index contributed by atoms with van der Waals surface area (Å²) >= 11 is 0. The van der Waals surface area contributed by atoms with Crippen LogP contribution in [-0.4, -0.2) is 58.2 Å². The average molecular weight is 321 g/mol. The lowest BCUT2D eigenvalue weighted by Crippen LogP contribution is -2.43. The molecule has 2 aromatic rings. The third kappa shape index (κ3) is 3.45. The molecule has 1 aliphatic heterocycles. The van der Waals surface area contributed by atoms with Gasteiger partial charge in [-0.25, -0.2) is 4.39 Å². The van der Waals surface area contributed by atoms with Crippen molar-refractivity contribution in [2.45, 2.75) is 12.5 Å². The number of H-pyrrole nitrogens is 1. The van der Waals surface area contributed by atoms with Crippen LogP contribution in [0.5, 0.6) is 5.75 Å². The maximum atomic E-state index is 13.7. The topological polar surface area (TPSA) is 93.2 Å². The molecule has 1 aliphatic rings. The summed E-state index contributed by atoms with van der Waals surface area (Å²) in [6, 6.07) is 4.50. The molecule has 0 spiro atoms. The van der Waals surface area contributed by atoms with Crippen LogP contribution >= 0.6 is 0 Å². The van der Waals surface area contributed by atoms with Crippen molar-refractivity contribution >= 4 is 5.91 Å². The van der Waals surface area contributed by atoms with E-state index in [-0.39, 0.29) is 18.1 Å². The molecule has 1 unspecified atom stereocenters. The van der Waals surface area contributed by atoms with Gasteiger partial charge in [0, 0.05) is 6.54 Å². The van der Waals surface area contributed by atoms with Gasteiger partial charge in [-0.15, -0.1) is 10.2 Å². The number of morpholine rings is 1. The number of aromatic nitrogens is 4. The molecule has 1 atom stereocenters. The molecule has 8 nitrogen and oxygen atoms in total. The lowest BCUT2D eigenvalue weighted by atomic mass is 10.1. The van der Waals surface area contributed by atoms with E-state index in [4.69, 9.17) is 9.47 Å². The Balaban J connectivity index is 1.64. The summed E-state index contributed by atoms with van der Waals surface area (Å²) < 4.78 is 24.1. The van der Waals surface area contributed by atoms with E-state index < -0.39 is 11.9 Å². The van der Waals surface area contributed by atoms with Crippen LogP contribution in [-0.2, 0) is 16.0 Å². The van der Waals surface area contributed by atoms with E-state index in [0.29, 0.717) is 31.1 Å². The Morgan fingerprint density at radius 1 is 1.57 bits per heavy atom. The van der Waals surface area contributed by atoms with E-state index in [1.54, 1.807) is 11.0 Å². The molecule has 1 fully saturated rings. The minimum atomic E-state index is -0.482. The summed E-state index contributed by atoms with van der Waals surface area (Å²) in [6.07, 6.45) is -0.293. The third-order valence-corrected chi connectivity index (χ3v) is 3.64. The molecule has 2 heterocycles. The highest BCUT2D eigenvalue weighted by Gasteiger charge is 2.28. The maximum Gasteiger partial charge on any atom is 0.227 e. The molecule has 3 rings (SSSR count). The van der Waals surface area contributed by atoms with Crippen molar-refractivity contribution in [2.75, 3.05) is 26.8 Å². The molecule has 122 valence electrons. The fourth-order valence-corrected chi connectivity index (χ4v) is 2.44. The van der Waals surface area contributed by atoms with E-state index in [1.807, 2.05) is 0 Å². The normalized spacial score (nSPS) is 18.0. The summed E-state index contributed by atoms with van der Waals surface area (Å²) in [5.74, 6) is -0.0152. The largest absolute Gasteiger partial charge is 0.494 e. The first-order valence-corrected chi connectivity index (χ1v) is 7.12. The molecule has 0 radical (unpaired) electrons. The Bertz CT molecular complexity index is 679. The van der Waals surface area contributed by atoms with E-state index in [9.17, 15) is 9.18 Å². The lowest BCUT2D eigenvalue weighted by molar-refractivity contribution is -0.138. The SMILES string of the molecule is COc1ccc(CC(=O)N2CCOC(c3nn[nH]n3)C2)cc1F. The monoisotopic (exact) mass is 321 g/mol. The number of ether oxygens (including phenoxy) is 2. The Morgan fingerprint density at radius 3 is 3.13 bits per heavy atom. The van der Waals surface area contributed by atoms with Crippen molar-refractivity contribution in [1.29, 1.82) is 0 Å². The van der Waals surface area contributed by atoms with Gasteiger partial charge < -0.3 is 14.4 Å². The fraction of sp³-hybridized carbons (Fsp3) is 0.429. The molecule has 0 aliphatic carbocycles. The van der Waals surface area contributed by atoms with Gasteiger partial charge in [-0.2, -0.15) is 5.21 Å². The van der Waals surface area contributed by atoms with Gasteiger partial charge in [0.25, 0.3) is 0 Å². The maximum absolute atomic E-state index is 13.7. The molecule has 1 saturated heterocycles. The van der Waals surface area contributed by atoms with Crippen LogP contribution in [0.15, 0.2) is 18.2 Å². The first-order valence-electron chi connectivity index (χ1n) is 7.12. The fourth-order valence-electron chi connectivity index (χ4n) is 2.44. The molecular weight excluding hydrogens is 305 g/mol. The number of nitrogens with one attached hydrogen (secondary N) is 1. The number of tetrazole rings is 1. The van der Waals surface area contributed by atoms with Gasteiger partial charge >= 0.3 is 0 Å². The summed E-state index contributed by atoms with van der Waals surface area (Å²) in [6.45, 7) is 1.21. The highest BCUT2D eigenvalue weighted by atomic mass is 19.1. The first kappa shape index (κ1) is 15.3. The molecule has 23 heavy (non-hydrogen) atoms. The van der Waals surface area contributed by atoms with E-state index in [0.717, 1.165) is 0 Å². The summed E-state index contributed by atoms with van der Waals surface area (Å²) in [5.41, 5.74) is 0.593. The van der Waals surface area contributed by atoms with Gasteiger partial charge in [0.05, 0.1) is 26.7 Å². The van der Waals surface area contributed by atoms with Crippen LogP contribution in [0.3, 0.4) is 0 Å². The number of benzene rings is 1. The second-order valence-electron chi connectivity index (χ2n) is 5.11. The van der Waals surface area contributed by atoms with Crippen LogP contribution in [0.1, 0.15) is 17.5 Å². The molecular formula is C14H16FN5O3. The number of hydrogen-bond acceptors (Lipinski definition) is 6. The Kier molecular flexibility index (Phi) is 4.47. The predicted octanol–water partition coefficient (Wildman–Crippen LogP) is 0.490. The van der Waals surface area contributed by atoms with Crippen LogP contribution in [0.25, 0.3) is 0 Å². The Morgan fingerprint density at radius 2 is 2.43 bits per heavy atom. The Hall–Kier alpha value is -2.55. The van der Waals surface area contributed by atoms with Crippen molar-refractivity contribution in [3.63, 3.8) is 0 Å². The average Bonchev–Trinajstić information content (AvgIpc) is 3.10. The molecule has 0 bridgehead atoms. The zero-order valence-electron chi connectivity index (χ0n) is 12.5. The number of carbonyl (C=O) groups excluding carboxylic acids is 1. The molecule has 1 N–H and O–H groups in total. The van der Waals surface area contributed by atoms with Crippen LogP contribution in [0, 0.1) is 5.82 Å². The van der Waals surface area contributed by atoms with Gasteiger partial charge in [0.2, 0.25) is 11.7 Å². The molecule has 9 heteroatoms. The van der Waals surface area contributed by atoms with Gasteiger partial charge in [-0.05, 0) is 17.7 Å². The highest BCUT2D eigenvalue weighted by molar-refractivity contribution is 5.79. The van der Waals surface area contributed by atoms with Crippen molar-refractivity contribution < 1.29 is 18.7 Å². The second-order valence-corrected chi connectivity index (χ2v) is 5.11. The van der Waals surface area contributed by atoms with Crippen molar-refractivity contribution in [1.82, 2.24) is 25.5 Å². The Labute approximate surface area is 131 Å². The standard InChI is InChI=1S/C14H16FN5O3/c1-22-11-3-2-9(6-10(11)15)7-13(21)20-4-5-23-12(8-20)14-16-18-19-17-14/h2-3,6,12H,4-5,7-8H2,1H3,(H,16,17,18,19). The summed E-state index contributed by atoms with van der Waals surface area (Å²) in [5, 5.41) is 13.6. The zero-order valence-corrected chi connectivity index (χ0v) is 12.5. The number of amides is 1. The zero-order chi connectivity index (χ0) is 16.2. The summed E-state index contributed by atoms with van der Waals surface area (Å²) in [4.78, 5) is 14.1. The molecule has 1 aromatic heterocycles. The number of rotatable bonds is 4. The van der Waals surface area contributed by atoms with Crippen LogP contribution in [0.4, 0.5) is 4.39 Å². The van der Waals surface area contributed by atoms with Gasteiger partial charge in [-0.3, -0.25) is 4.79 Å². The number of methoxy groups -OCH3 is 1. The predicted molar refractivity (Wildman–Crippen MR) is 76.1 cm³/mol. The summed E-state index contributed by atoms with van der Waals surface area (Å²) in [7, 11) is 1.40. The number of carbonyl (C=O) groups is 1.